The SMILES string of the molecule is CCC=C1C(C)C1C(C)CC. The standard InChI is InChI=1S/C11H20/c1-5-7-10-9(4)11(10)8(3)6-2/h7-9,11H,5-6H2,1-4H3. The van der Waals surface area contributed by atoms with Crippen LogP contribution in [-0.4, -0.2) is 0 Å². The highest BCUT2D eigenvalue weighted by atomic mass is 14.5. The van der Waals surface area contributed by atoms with Crippen molar-refractivity contribution in [3.63, 3.8) is 0 Å². The Morgan fingerprint density at radius 2 is 2.09 bits per heavy atom. The first-order valence-electron chi connectivity index (χ1n) is 4.92. The fraction of sp³-hybridized carbons (Fsp3) is 0.818. The molecule has 0 heteroatoms. The third kappa shape index (κ3) is 1.66. The molecule has 0 amide bonds. The summed E-state index contributed by atoms with van der Waals surface area (Å²) in [5, 5.41) is 0. The minimum Gasteiger partial charge on any atom is -0.0850 e. The van der Waals surface area contributed by atoms with Gasteiger partial charge in [0.05, 0.1) is 0 Å². The highest BCUT2D eigenvalue weighted by Gasteiger charge is 2.42. The zero-order valence-corrected chi connectivity index (χ0v) is 8.22. The van der Waals surface area contributed by atoms with Crippen molar-refractivity contribution in [2.75, 3.05) is 0 Å². The largest absolute Gasteiger partial charge is 0.0850 e. The van der Waals surface area contributed by atoms with Crippen LogP contribution in [0.4, 0.5) is 0 Å². The lowest BCUT2D eigenvalue weighted by Gasteiger charge is -2.03. The molecule has 1 aliphatic rings. The molecule has 1 saturated carbocycles. The Hall–Kier alpha value is -0.260. The van der Waals surface area contributed by atoms with E-state index in [0.717, 1.165) is 17.8 Å². The van der Waals surface area contributed by atoms with Gasteiger partial charge in [-0.05, 0) is 24.2 Å². The molecule has 0 N–H and O–H groups in total. The van der Waals surface area contributed by atoms with Crippen LogP contribution in [0.5, 0.6) is 0 Å². The summed E-state index contributed by atoms with van der Waals surface area (Å²) in [5.41, 5.74) is 1.72. The van der Waals surface area contributed by atoms with E-state index in [1.807, 2.05) is 0 Å². The molecule has 3 unspecified atom stereocenters. The maximum absolute atomic E-state index is 2.42. The Balaban J connectivity index is 2.47. The van der Waals surface area contributed by atoms with Crippen LogP contribution in [0.3, 0.4) is 0 Å². The molecule has 0 aromatic rings. The molecular formula is C11H20. The lowest BCUT2D eigenvalue weighted by Crippen LogP contribution is -1.95. The predicted octanol–water partition coefficient (Wildman–Crippen LogP) is 3.63. The van der Waals surface area contributed by atoms with Crippen LogP contribution in [0.1, 0.15) is 40.5 Å². The molecule has 11 heavy (non-hydrogen) atoms. The lowest BCUT2D eigenvalue weighted by atomic mass is 10.0. The van der Waals surface area contributed by atoms with Gasteiger partial charge in [-0.25, -0.2) is 0 Å². The number of allylic oxidation sites excluding steroid dienone is 2. The van der Waals surface area contributed by atoms with E-state index >= 15 is 0 Å². The summed E-state index contributed by atoms with van der Waals surface area (Å²) in [5.74, 6) is 2.73. The van der Waals surface area contributed by atoms with Gasteiger partial charge < -0.3 is 0 Å². The van der Waals surface area contributed by atoms with Crippen LogP contribution in [0.2, 0.25) is 0 Å². The number of hydrogen-bond acceptors (Lipinski definition) is 0. The van der Waals surface area contributed by atoms with Gasteiger partial charge in [-0.2, -0.15) is 0 Å². The van der Waals surface area contributed by atoms with E-state index in [1.54, 1.807) is 5.57 Å². The summed E-state index contributed by atoms with van der Waals surface area (Å²) in [6.45, 7) is 9.25. The van der Waals surface area contributed by atoms with E-state index in [0.29, 0.717) is 0 Å². The number of rotatable bonds is 3. The van der Waals surface area contributed by atoms with Gasteiger partial charge in [-0.3, -0.25) is 0 Å². The first-order chi connectivity index (χ1) is 5.22. The van der Waals surface area contributed by atoms with Crippen molar-refractivity contribution in [3.8, 4) is 0 Å². The zero-order valence-electron chi connectivity index (χ0n) is 8.22. The summed E-state index contributed by atoms with van der Waals surface area (Å²) >= 11 is 0. The minimum atomic E-state index is 0.893. The average Bonchev–Trinajstić information content (AvgIpc) is 2.62. The monoisotopic (exact) mass is 152 g/mol. The molecule has 3 atom stereocenters. The van der Waals surface area contributed by atoms with Crippen molar-refractivity contribution in [2.45, 2.75) is 40.5 Å². The second kappa shape index (κ2) is 3.42. The Labute approximate surface area is 70.7 Å². The highest BCUT2D eigenvalue weighted by Crippen LogP contribution is 2.51. The predicted molar refractivity (Wildman–Crippen MR) is 50.5 cm³/mol. The van der Waals surface area contributed by atoms with Crippen LogP contribution in [-0.2, 0) is 0 Å². The van der Waals surface area contributed by atoms with Crippen molar-refractivity contribution in [2.24, 2.45) is 17.8 Å². The van der Waals surface area contributed by atoms with Crippen LogP contribution < -0.4 is 0 Å². The molecule has 1 aliphatic carbocycles. The first-order valence-corrected chi connectivity index (χ1v) is 4.92. The Kier molecular flexibility index (Phi) is 2.75. The highest BCUT2D eigenvalue weighted by molar-refractivity contribution is 5.29. The Bertz CT molecular complexity index is 155. The second-order valence-electron chi connectivity index (χ2n) is 3.81. The molecule has 1 rings (SSSR count). The van der Waals surface area contributed by atoms with Gasteiger partial charge in [0.1, 0.15) is 0 Å². The molecule has 0 spiro atoms. The number of hydrogen-bond donors (Lipinski definition) is 0. The first kappa shape index (κ1) is 8.83. The van der Waals surface area contributed by atoms with Crippen molar-refractivity contribution in [1.29, 1.82) is 0 Å². The van der Waals surface area contributed by atoms with Gasteiger partial charge >= 0.3 is 0 Å². The van der Waals surface area contributed by atoms with Crippen LogP contribution >= 0.6 is 0 Å². The molecule has 64 valence electrons. The van der Waals surface area contributed by atoms with Crippen molar-refractivity contribution >= 4 is 0 Å². The maximum atomic E-state index is 2.42. The molecular weight excluding hydrogens is 132 g/mol. The van der Waals surface area contributed by atoms with Gasteiger partial charge in [0.15, 0.2) is 0 Å². The summed E-state index contributed by atoms with van der Waals surface area (Å²) in [7, 11) is 0. The second-order valence-corrected chi connectivity index (χ2v) is 3.81. The zero-order chi connectivity index (χ0) is 8.43. The van der Waals surface area contributed by atoms with E-state index in [2.05, 4.69) is 33.8 Å². The van der Waals surface area contributed by atoms with E-state index in [-0.39, 0.29) is 0 Å². The van der Waals surface area contributed by atoms with E-state index in [1.165, 1.54) is 12.8 Å². The molecule has 0 radical (unpaired) electrons. The molecule has 0 nitrogen and oxygen atoms in total. The fourth-order valence-corrected chi connectivity index (χ4v) is 2.08. The third-order valence-electron chi connectivity index (χ3n) is 3.04. The maximum Gasteiger partial charge on any atom is -0.0112 e. The van der Waals surface area contributed by atoms with Gasteiger partial charge in [0.2, 0.25) is 0 Å². The lowest BCUT2D eigenvalue weighted by molar-refractivity contribution is 0.476. The average molecular weight is 152 g/mol. The quantitative estimate of drug-likeness (QED) is 0.542. The van der Waals surface area contributed by atoms with E-state index in [4.69, 9.17) is 0 Å². The van der Waals surface area contributed by atoms with Crippen LogP contribution in [0, 0.1) is 17.8 Å². The smallest absolute Gasteiger partial charge is 0.0112 e. The normalized spacial score (nSPS) is 35.8. The van der Waals surface area contributed by atoms with Gasteiger partial charge in [0.25, 0.3) is 0 Å². The Morgan fingerprint density at radius 1 is 1.45 bits per heavy atom. The van der Waals surface area contributed by atoms with Crippen molar-refractivity contribution < 1.29 is 0 Å². The van der Waals surface area contributed by atoms with E-state index < -0.39 is 0 Å². The molecule has 0 heterocycles. The van der Waals surface area contributed by atoms with Crippen molar-refractivity contribution in [1.82, 2.24) is 0 Å². The third-order valence-corrected chi connectivity index (χ3v) is 3.04. The minimum absolute atomic E-state index is 0.893. The summed E-state index contributed by atoms with van der Waals surface area (Å²) in [6.07, 6.45) is 4.96. The summed E-state index contributed by atoms with van der Waals surface area (Å²) in [4.78, 5) is 0. The molecule has 0 saturated heterocycles. The topological polar surface area (TPSA) is 0 Å². The molecule has 0 aromatic carbocycles. The molecule has 0 aromatic heterocycles. The van der Waals surface area contributed by atoms with Crippen molar-refractivity contribution in [3.05, 3.63) is 11.6 Å². The van der Waals surface area contributed by atoms with Crippen LogP contribution in [0.25, 0.3) is 0 Å². The van der Waals surface area contributed by atoms with Gasteiger partial charge in [0, 0.05) is 0 Å². The van der Waals surface area contributed by atoms with Gasteiger partial charge in [-0.1, -0.05) is 45.8 Å². The molecule has 0 aliphatic heterocycles. The van der Waals surface area contributed by atoms with Gasteiger partial charge in [-0.15, -0.1) is 0 Å². The van der Waals surface area contributed by atoms with E-state index in [9.17, 15) is 0 Å². The Morgan fingerprint density at radius 3 is 2.55 bits per heavy atom. The molecule has 0 bridgehead atoms. The summed E-state index contributed by atoms with van der Waals surface area (Å²) < 4.78 is 0. The fourth-order valence-electron chi connectivity index (χ4n) is 2.08. The summed E-state index contributed by atoms with van der Waals surface area (Å²) in [6, 6.07) is 0. The molecule has 1 fully saturated rings. The van der Waals surface area contributed by atoms with Crippen LogP contribution in [0.15, 0.2) is 11.6 Å².